The Hall–Kier alpha value is 0.170. The van der Waals surface area contributed by atoms with Gasteiger partial charge in [0.25, 0.3) is 0 Å². The molecule has 12 heavy (non-hydrogen) atoms. The lowest BCUT2D eigenvalue weighted by Crippen LogP contribution is -1.61. The third-order valence-electron chi connectivity index (χ3n) is 1.41. The summed E-state index contributed by atoms with van der Waals surface area (Å²) in [6.07, 6.45) is 0. The Kier molecular flexibility index (Phi) is 2.55. The highest BCUT2D eigenvalue weighted by atomic mass is 79.9. The van der Waals surface area contributed by atoms with Gasteiger partial charge in [0, 0.05) is 14.7 Å². The zero-order valence-corrected chi connectivity index (χ0v) is 9.86. The minimum absolute atomic E-state index is 0.815. The van der Waals surface area contributed by atoms with E-state index in [1.807, 2.05) is 17.5 Å². The lowest BCUT2D eigenvalue weighted by atomic mass is 10.4. The third kappa shape index (κ3) is 1.59. The van der Waals surface area contributed by atoms with Gasteiger partial charge in [0.1, 0.15) is 0 Å². The predicted molar refractivity (Wildman–Crippen MR) is 60.3 cm³/mol. The van der Waals surface area contributed by atoms with Crippen molar-refractivity contribution in [2.45, 2.75) is 0 Å². The van der Waals surface area contributed by atoms with Gasteiger partial charge in [-0.1, -0.05) is 11.6 Å². The quantitative estimate of drug-likeness (QED) is 0.697. The molecule has 2 aromatic rings. The zero-order chi connectivity index (χ0) is 8.55. The maximum Gasteiger partial charge on any atom is 0.0585 e. The van der Waals surface area contributed by atoms with Crippen molar-refractivity contribution in [2.75, 3.05) is 0 Å². The standard InChI is InChI=1S/C8H4BrClS2/c9-6-1-2-11-8(6)7-3-5(10)4-12-7/h1-4H. The second kappa shape index (κ2) is 3.50. The molecule has 0 aliphatic rings. The average Bonchev–Trinajstić information content (AvgIpc) is 2.58. The summed E-state index contributed by atoms with van der Waals surface area (Å²) in [4.78, 5) is 2.48. The van der Waals surface area contributed by atoms with Crippen molar-refractivity contribution in [3.05, 3.63) is 32.4 Å². The monoisotopic (exact) mass is 278 g/mol. The molecule has 0 bridgehead atoms. The first-order chi connectivity index (χ1) is 5.77. The van der Waals surface area contributed by atoms with Crippen molar-refractivity contribution >= 4 is 50.2 Å². The lowest BCUT2D eigenvalue weighted by Gasteiger charge is -1.90. The van der Waals surface area contributed by atoms with E-state index in [4.69, 9.17) is 11.6 Å². The van der Waals surface area contributed by atoms with Gasteiger partial charge < -0.3 is 0 Å². The molecule has 0 radical (unpaired) electrons. The van der Waals surface area contributed by atoms with E-state index in [9.17, 15) is 0 Å². The number of rotatable bonds is 1. The van der Waals surface area contributed by atoms with E-state index in [1.54, 1.807) is 22.7 Å². The Labute approximate surface area is 91.9 Å². The van der Waals surface area contributed by atoms with E-state index in [0.29, 0.717) is 0 Å². The van der Waals surface area contributed by atoms with E-state index in [1.165, 1.54) is 9.75 Å². The summed E-state index contributed by atoms with van der Waals surface area (Å²) in [5, 5.41) is 4.83. The summed E-state index contributed by atoms with van der Waals surface area (Å²) < 4.78 is 1.14. The van der Waals surface area contributed by atoms with E-state index in [0.717, 1.165) is 9.50 Å². The van der Waals surface area contributed by atoms with Gasteiger partial charge in [0.05, 0.1) is 9.90 Å². The molecule has 0 spiro atoms. The number of halogens is 2. The van der Waals surface area contributed by atoms with Crippen molar-refractivity contribution in [3.63, 3.8) is 0 Å². The summed E-state index contributed by atoms with van der Waals surface area (Å²) >= 11 is 12.7. The number of thiophene rings is 2. The van der Waals surface area contributed by atoms with Gasteiger partial charge in [-0.2, -0.15) is 0 Å². The fourth-order valence-electron chi connectivity index (χ4n) is 0.902. The molecule has 0 aliphatic heterocycles. The second-order valence-electron chi connectivity index (χ2n) is 2.23. The highest BCUT2D eigenvalue weighted by molar-refractivity contribution is 9.10. The van der Waals surface area contributed by atoms with Crippen LogP contribution in [-0.4, -0.2) is 0 Å². The Morgan fingerprint density at radius 1 is 1.33 bits per heavy atom. The maximum atomic E-state index is 5.83. The largest absolute Gasteiger partial charge is 0.142 e. The van der Waals surface area contributed by atoms with Crippen LogP contribution in [0.5, 0.6) is 0 Å². The second-order valence-corrected chi connectivity index (χ2v) is 5.34. The normalized spacial score (nSPS) is 10.5. The maximum absolute atomic E-state index is 5.83. The Balaban J connectivity index is 2.50. The molecule has 0 N–H and O–H groups in total. The summed E-state index contributed by atoms with van der Waals surface area (Å²) in [5.41, 5.74) is 0. The molecule has 4 heteroatoms. The van der Waals surface area contributed by atoms with Crippen molar-refractivity contribution < 1.29 is 0 Å². The molecule has 2 heterocycles. The van der Waals surface area contributed by atoms with Gasteiger partial charge in [-0.25, -0.2) is 0 Å². The molecule has 0 nitrogen and oxygen atoms in total. The summed E-state index contributed by atoms with van der Waals surface area (Å²) in [6, 6.07) is 4.04. The molecular formula is C8H4BrClS2. The van der Waals surface area contributed by atoms with E-state index < -0.39 is 0 Å². The van der Waals surface area contributed by atoms with E-state index in [2.05, 4.69) is 21.3 Å². The van der Waals surface area contributed by atoms with Crippen LogP contribution < -0.4 is 0 Å². The first kappa shape index (κ1) is 8.75. The van der Waals surface area contributed by atoms with Crippen molar-refractivity contribution in [3.8, 4) is 9.75 Å². The van der Waals surface area contributed by atoms with E-state index in [-0.39, 0.29) is 0 Å². The Bertz CT molecular complexity index is 391. The third-order valence-corrected chi connectivity index (χ3v) is 4.70. The fourth-order valence-corrected chi connectivity index (χ4v) is 3.85. The van der Waals surface area contributed by atoms with Gasteiger partial charge in [0.15, 0.2) is 0 Å². The van der Waals surface area contributed by atoms with Gasteiger partial charge in [-0.15, -0.1) is 22.7 Å². The van der Waals surface area contributed by atoms with Gasteiger partial charge >= 0.3 is 0 Å². The molecule has 0 aromatic carbocycles. The minimum Gasteiger partial charge on any atom is -0.142 e. The molecule has 0 fully saturated rings. The lowest BCUT2D eigenvalue weighted by molar-refractivity contribution is 1.85. The minimum atomic E-state index is 0.815. The van der Waals surface area contributed by atoms with Gasteiger partial charge in [-0.05, 0) is 33.4 Å². The van der Waals surface area contributed by atoms with Crippen LogP contribution in [0.1, 0.15) is 0 Å². The van der Waals surface area contributed by atoms with Crippen LogP contribution >= 0.6 is 50.2 Å². The summed E-state index contributed by atoms with van der Waals surface area (Å²) in [5.74, 6) is 0. The topological polar surface area (TPSA) is 0 Å². The molecule has 0 amide bonds. The van der Waals surface area contributed by atoms with Crippen LogP contribution in [-0.2, 0) is 0 Å². The molecule has 0 atom stereocenters. The SMILES string of the molecule is Clc1csc(-c2sccc2Br)c1. The van der Waals surface area contributed by atoms with Crippen LogP contribution in [0.2, 0.25) is 5.02 Å². The van der Waals surface area contributed by atoms with Crippen LogP contribution in [0.3, 0.4) is 0 Å². The summed E-state index contributed by atoms with van der Waals surface area (Å²) in [7, 11) is 0. The first-order valence-electron chi connectivity index (χ1n) is 3.25. The predicted octanol–water partition coefficient (Wildman–Crippen LogP) is 4.89. The molecule has 0 aliphatic carbocycles. The number of hydrogen-bond acceptors (Lipinski definition) is 2. The smallest absolute Gasteiger partial charge is 0.0585 e. The van der Waals surface area contributed by atoms with Crippen LogP contribution in [0, 0.1) is 0 Å². The highest BCUT2D eigenvalue weighted by Crippen LogP contribution is 2.38. The molecule has 2 rings (SSSR count). The van der Waals surface area contributed by atoms with Crippen molar-refractivity contribution in [1.29, 1.82) is 0 Å². The zero-order valence-electron chi connectivity index (χ0n) is 5.88. The number of hydrogen-bond donors (Lipinski definition) is 0. The van der Waals surface area contributed by atoms with Gasteiger partial charge in [0.2, 0.25) is 0 Å². The van der Waals surface area contributed by atoms with Crippen LogP contribution in [0.4, 0.5) is 0 Å². The summed E-state index contributed by atoms with van der Waals surface area (Å²) in [6.45, 7) is 0. The molecule has 2 aromatic heterocycles. The Morgan fingerprint density at radius 2 is 2.17 bits per heavy atom. The first-order valence-corrected chi connectivity index (χ1v) is 6.18. The van der Waals surface area contributed by atoms with Crippen molar-refractivity contribution in [1.82, 2.24) is 0 Å². The Morgan fingerprint density at radius 3 is 2.67 bits per heavy atom. The molecule has 0 saturated heterocycles. The molecule has 0 unspecified atom stereocenters. The molecule has 0 saturated carbocycles. The van der Waals surface area contributed by atoms with Crippen LogP contribution in [0.25, 0.3) is 9.75 Å². The molecular weight excluding hydrogens is 276 g/mol. The fraction of sp³-hybridized carbons (Fsp3) is 0. The average molecular weight is 280 g/mol. The van der Waals surface area contributed by atoms with Crippen LogP contribution in [0.15, 0.2) is 27.4 Å². The van der Waals surface area contributed by atoms with E-state index >= 15 is 0 Å². The van der Waals surface area contributed by atoms with Crippen molar-refractivity contribution in [2.24, 2.45) is 0 Å². The van der Waals surface area contributed by atoms with Gasteiger partial charge in [-0.3, -0.25) is 0 Å². The highest BCUT2D eigenvalue weighted by Gasteiger charge is 2.06. The molecule has 62 valence electrons.